The van der Waals surface area contributed by atoms with Crippen LogP contribution in [-0.4, -0.2) is 16.2 Å². The van der Waals surface area contributed by atoms with E-state index in [0.29, 0.717) is 11.3 Å². The van der Waals surface area contributed by atoms with Crippen LogP contribution < -0.4 is 5.32 Å². The van der Waals surface area contributed by atoms with Crippen molar-refractivity contribution in [2.75, 3.05) is 0 Å². The van der Waals surface area contributed by atoms with Gasteiger partial charge in [-0.05, 0) is 19.1 Å². The SMILES string of the molecule is CC(=O)NC(C)c1noc2cc(O)ccc12. The number of phenols is 1. The molecule has 0 spiro atoms. The fourth-order valence-corrected chi connectivity index (χ4v) is 1.63. The van der Waals surface area contributed by atoms with E-state index in [1.807, 2.05) is 6.92 Å². The van der Waals surface area contributed by atoms with E-state index in [1.165, 1.54) is 13.0 Å². The number of hydrogen-bond donors (Lipinski definition) is 2. The second kappa shape index (κ2) is 3.84. The number of aromatic hydroxyl groups is 1. The van der Waals surface area contributed by atoms with Crippen LogP contribution in [0.4, 0.5) is 0 Å². The average molecular weight is 220 g/mol. The number of rotatable bonds is 2. The number of benzene rings is 1. The van der Waals surface area contributed by atoms with Crippen molar-refractivity contribution < 1.29 is 14.4 Å². The molecule has 0 aliphatic heterocycles. The van der Waals surface area contributed by atoms with Gasteiger partial charge in [-0.3, -0.25) is 4.79 Å². The lowest BCUT2D eigenvalue weighted by atomic mass is 10.1. The summed E-state index contributed by atoms with van der Waals surface area (Å²) in [6.45, 7) is 3.27. The molecule has 2 aromatic rings. The molecule has 5 nitrogen and oxygen atoms in total. The Hall–Kier alpha value is -2.04. The molecule has 5 heteroatoms. The van der Waals surface area contributed by atoms with Gasteiger partial charge in [0.2, 0.25) is 5.91 Å². The Kier molecular flexibility index (Phi) is 2.52. The molecule has 2 N–H and O–H groups in total. The molecule has 2 rings (SSSR count). The summed E-state index contributed by atoms with van der Waals surface area (Å²) in [5.74, 6) is 0.00445. The predicted octanol–water partition coefficient (Wildman–Crippen LogP) is 1.73. The predicted molar refractivity (Wildman–Crippen MR) is 57.9 cm³/mol. The van der Waals surface area contributed by atoms with Crippen LogP contribution in [0.2, 0.25) is 0 Å². The number of phenolic OH excluding ortho intramolecular Hbond substituents is 1. The van der Waals surface area contributed by atoms with Crippen LogP contribution in [0.1, 0.15) is 25.6 Å². The zero-order chi connectivity index (χ0) is 11.7. The summed E-state index contributed by atoms with van der Waals surface area (Å²) >= 11 is 0. The molecule has 0 bridgehead atoms. The number of aromatic nitrogens is 1. The fraction of sp³-hybridized carbons (Fsp3) is 0.273. The largest absolute Gasteiger partial charge is 0.508 e. The van der Waals surface area contributed by atoms with E-state index < -0.39 is 0 Å². The number of hydrogen-bond acceptors (Lipinski definition) is 4. The first-order valence-corrected chi connectivity index (χ1v) is 4.93. The van der Waals surface area contributed by atoms with Gasteiger partial charge < -0.3 is 14.9 Å². The van der Waals surface area contributed by atoms with Crippen molar-refractivity contribution in [2.24, 2.45) is 0 Å². The second-order valence-electron chi connectivity index (χ2n) is 3.67. The summed E-state index contributed by atoms with van der Waals surface area (Å²) in [6.07, 6.45) is 0. The molecule has 0 aliphatic rings. The van der Waals surface area contributed by atoms with E-state index in [4.69, 9.17) is 4.52 Å². The van der Waals surface area contributed by atoms with Gasteiger partial charge in [0.25, 0.3) is 0 Å². The van der Waals surface area contributed by atoms with E-state index in [2.05, 4.69) is 10.5 Å². The van der Waals surface area contributed by atoms with E-state index >= 15 is 0 Å². The summed E-state index contributed by atoms with van der Waals surface area (Å²) in [7, 11) is 0. The normalized spacial score (nSPS) is 12.6. The van der Waals surface area contributed by atoms with Crippen LogP contribution in [0.3, 0.4) is 0 Å². The molecule has 1 atom stereocenters. The van der Waals surface area contributed by atoms with E-state index in [0.717, 1.165) is 5.39 Å². The standard InChI is InChI=1S/C11H12N2O3/c1-6(12-7(2)14)11-9-4-3-8(15)5-10(9)16-13-11/h3-6,15H,1-2H3,(H,12,14). The fourth-order valence-electron chi connectivity index (χ4n) is 1.63. The Bertz CT molecular complexity index is 533. The van der Waals surface area contributed by atoms with Crippen LogP contribution in [0.25, 0.3) is 11.0 Å². The van der Waals surface area contributed by atoms with Crippen LogP contribution in [-0.2, 0) is 4.79 Å². The summed E-state index contributed by atoms with van der Waals surface area (Å²) in [5.41, 5.74) is 1.16. The molecule has 16 heavy (non-hydrogen) atoms. The van der Waals surface area contributed by atoms with Gasteiger partial charge in [-0.15, -0.1) is 0 Å². The lowest BCUT2D eigenvalue weighted by molar-refractivity contribution is -0.119. The summed E-state index contributed by atoms with van der Waals surface area (Å²) in [4.78, 5) is 10.9. The molecule has 84 valence electrons. The highest BCUT2D eigenvalue weighted by molar-refractivity contribution is 5.82. The maximum atomic E-state index is 10.9. The van der Waals surface area contributed by atoms with E-state index in [1.54, 1.807) is 12.1 Å². The van der Waals surface area contributed by atoms with Gasteiger partial charge in [0, 0.05) is 18.4 Å². The molecule has 0 saturated heterocycles. The summed E-state index contributed by atoms with van der Waals surface area (Å²) in [5, 5.41) is 16.7. The van der Waals surface area contributed by atoms with E-state index in [-0.39, 0.29) is 17.7 Å². The number of carbonyl (C=O) groups excluding carboxylic acids is 1. The summed E-state index contributed by atoms with van der Waals surface area (Å²) in [6, 6.07) is 4.55. The number of nitrogens with zero attached hydrogens (tertiary/aromatic N) is 1. The van der Waals surface area contributed by atoms with Crippen molar-refractivity contribution in [1.29, 1.82) is 0 Å². The smallest absolute Gasteiger partial charge is 0.217 e. The Morgan fingerprint density at radius 2 is 2.31 bits per heavy atom. The Morgan fingerprint density at radius 1 is 1.56 bits per heavy atom. The van der Waals surface area contributed by atoms with Crippen LogP contribution in [0.5, 0.6) is 5.75 Å². The van der Waals surface area contributed by atoms with E-state index in [9.17, 15) is 9.90 Å². The monoisotopic (exact) mass is 220 g/mol. The Balaban J connectivity index is 2.41. The maximum Gasteiger partial charge on any atom is 0.217 e. The van der Waals surface area contributed by atoms with Crippen molar-refractivity contribution in [3.8, 4) is 5.75 Å². The molecular weight excluding hydrogens is 208 g/mol. The van der Waals surface area contributed by atoms with Crippen molar-refractivity contribution in [3.63, 3.8) is 0 Å². The second-order valence-corrected chi connectivity index (χ2v) is 3.67. The van der Waals surface area contributed by atoms with Gasteiger partial charge in [0.15, 0.2) is 5.58 Å². The van der Waals surface area contributed by atoms with Crippen LogP contribution in [0, 0.1) is 0 Å². The Morgan fingerprint density at radius 3 is 3.00 bits per heavy atom. The lowest BCUT2D eigenvalue weighted by Crippen LogP contribution is -2.23. The van der Waals surface area contributed by atoms with Crippen LogP contribution in [0.15, 0.2) is 22.7 Å². The average Bonchev–Trinajstić information content (AvgIpc) is 2.59. The molecule has 1 heterocycles. The van der Waals surface area contributed by atoms with Gasteiger partial charge in [0.1, 0.15) is 11.4 Å². The van der Waals surface area contributed by atoms with Crippen molar-refractivity contribution >= 4 is 16.9 Å². The molecule has 1 aromatic carbocycles. The van der Waals surface area contributed by atoms with Gasteiger partial charge >= 0.3 is 0 Å². The molecule has 0 fully saturated rings. The quantitative estimate of drug-likeness (QED) is 0.808. The minimum Gasteiger partial charge on any atom is -0.508 e. The molecular formula is C11H12N2O3. The van der Waals surface area contributed by atoms with Gasteiger partial charge in [-0.25, -0.2) is 0 Å². The highest BCUT2D eigenvalue weighted by Crippen LogP contribution is 2.26. The molecule has 1 unspecified atom stereocenters. The van der Waals surface area contributed by atoms with Crippen molar-refractivity contribution in [1.82, 2.24) is 10.5 Å². The molecule has 1 aromatic heterocycles. The zero-order valence-corrected chi connectivity index (χ0v) is 9.02. The van der Waals surface area contributed by atoms with Crippen molar-refractivity contribution in [3.05, 3.63) is 23.9 Å². The number of fused-ring (bicyclic) bond motifs is 1. The maximum absolute atomic E-state index is 10.9. The first-order valence-electron chi connectivity index (χ1n) is 4.93. The highest BCUT2D eigenvalue weighted by Gasteiger charge is 2.15. The molecule has 0 saturated carbocycles. The third kappa shape index (κ3) is 1.84. The molecule has 0 radical (unpaired) electrons. The number of nitrogens with one attached hydrogen (secondary N) is 1. The molecule has 0 aliphatic carbocycles. The zero-order valence-electron chi connectivity index (χ0n) is 9.02. The van der Waals surface area contributed by atoms with Gasteiger partial charge in [-0.2, -0.15) is 0 Å². The summed E-state index contributed by atoms with van der Waals surface area (Å²) < 4.78 is 5.07. The third-order valence-electron chi connectivity index (χ3n) is 2.31. The van der Waals surface area contributed by atoms with Gasteiger partial charge in [-0.1, -0.05) is 5.16 Å². The third-order valence-corrected chi connectivity index (χ3v) is 2.31. The minimum absolute atomic E-state index is 0.123. The minimum atomic E-state index is -0.219. The Labute approximate surface area is 92.0 Å². The van der Waals surface area contributed by atoms with Crippen LogP contribution >= 0.6 is 0 Å². The topological polar surface area (TPSA) is 75.4 Å². The molecule has 1 amide bonds. The van der Waals surface area contributed by atoms with Gasteiger partial charge in [0.05, 0.1) is 6.04 Å². The number of carbonyl (C=O) groups is 1. The highest BCUT2D eigenvalue weighted by atomic mass is 16.5. The number of amides is 1. The van der Waals surface area contributed by atoms with Crippen molar-refractivity contribution in [2.45, 2.75) is 19.9 Å². The lowest BCUT2D eigenvalue weighted by Gasteiger charge is -2.08. The first kappa shape index (κ1) is 10.5. The first-order chi connectivity index (χ1) is 7.58.